The number of nitrogens with one attached hydrogen (secondary N) is 1. The zero-order valence-electron chi connectivity index (χ0n) is 20.5. The van der Waals surface area contributed by atoms with Gasteiger partial charge in [-0.1, -0.05) is 6.92 Å². The van der Waals surface area contributed by atoms with Gasteiger partial charge < -0.3 is 14.6 Å². The molecule has 0 amide bonds. The van der Waals surface area contributed by atoms with Crippen LogP contribution >= 0.6 is 0 Å². The Hall–Kier alpha value is -4.32. The van der Waals surface area contributed by atoms with Crippen LogP contribution in [-0.2, 0) is 17.1 Å². The number of aryl methyl sites for hydroxylation is 2. The summed E-state index contributed by atoms with van der Waals surface area (Å²) in [6.45, 7) is 4.19. The van der Waals surface area contributed by atoms with Gasteiger partial charge in [-0.25, -0.2) is 37.6 Å². The fourth-order valence-electron chi connectivity index (χ4n) is 4.45. The van der Waals surface area contributed by atoms with Crippen molar-refractivity contribution in [3.8, 4) is 11.5 Å². The molecule has 188 valence electrons. The minimum atomic E-state index is -3.45. The number of nitrogens with zero attached hydrogens (tertiary/aromatic N) is 7. The van der Waals surface area contributed by atoms with Gasteiger partial charge in [-0.05, 0) is 48.7 Å². The largest absolute Gasteiger partial charge is 0.457 e. The highest BCUT2D eigenvalue weighted by Crippen LogP contribution is 2.31. The van der Waals surface area contributed by atoms with Crippen molar-refractivity contribution in [2.24, 2.45) is 13.0 Å². The Morgan fingerprint density at radius 1 is 1.05 bits per heavy atom. The number of ether oxygens (including phenoxy) is 1. The highest BCUT2D eigenvalue weighted by atomic mass is 32.2. The van der Waals surface area contributed by atoms with Gasteiger partial charge in [0, 0.05) is 25.3 Å². The number of benzene rings is 2. The molecule has 0 aliphatic carbocycles. The number of hydrogen-bond acceptors (Lipinski definition) is 9. The van der Waals surface area contributed by atoms with Crippen LogP contribution in [0.4, 0.5) is 17.5 Å². The van der Waals surface area contributed by atoms with Gasteiger partial charge in [0.1, 0.15) is 28.9 Å². The Bertz CT molecular complexity index is 1770. The summed E-state index contributed by atoms with van der Waals surface area (Å²) in [6, 6.07) is 11.5. The summed E-state index contributed by atoms with van der Waals surface area (Å²) in [4.78, 5) is 21.7. The van der Waals surface area contributed by atoms with Crippen molar-refractivity contribution in [2.75, 3.05) is 21.9 Å². The molecule has 37 heavy (non-hydrogen) atoms. The van der Waals surface area contributed by atoms with Crippen LogP contribution in [0.1, 0.15) is 12.5 Å². The average molecular weight is 517 g/mol. The summed E-state index contributed by atoms with van der Waals surface area (Å²) in [5, 5.41) is 3.28. The Balaban J connectivity index is 1.27. The van der Waals surface area contributed by atoms with Gasteiger partial charge in [0.05, 0.1) is 29.3 Å². The number of anilines is 3. The van der Waals surface area contributed by atoms with Crippen molar-refractivity contribution in [1.29, 1.82) is 0 Å². The van der Waals surface area contributed by atoms with Crippen molar-refractivity contribution >= 4 is 49.5 Å². The van der Waals surface area contributed by atoms with E-state index in [1.807, 2.05) is 61.9 Å². The lowest BCUT2D eigenvalue weighted by molar-refractivity contribution is 0.479. The maximum atomic E-state index is 12.5. The van der Waals surface area contributed by atoms with Crippen LogP contribution in [0.2, 0.25) is 0 Å². The lowest BCUT2D eigenvalue weighted by Gasteiger charge is -2.16. The van der Waals surface area contributed by atoms with Gasteiger partial charge in [-0.3, -0.25) is 0 Å². The molecule has 0 spiro atoms. The quantitative estimate of drug-likeness (QED) is 0.369. The molecule has 1 aliphatic heterocycles. The van der Waals surface area contributed by atoms with Crippen molar-refractivity contribution < 1.29 is 13.2 Å². The van der Waals surface area contributed by atoms with E-state index in [-0.39, 0.29) is 17.6 Å². The zero-order chi connectivity index (χ0) is 25.7. The second-order valence-electron chi connectivity index (χ2n) is 9.25. The van der Waals surface area contributed by atoms with E-state index in [0.29, 0.717) is 34.9 Å². The number of hydrogen-bond donors (Lipinski definition) is 1. The average Bonchev–Trinajstić information content (AvgIpc) is 3.37. The molecule has 0 saturated carbocycles. The molecule has 1 saturated heterocycles. The summed E-state index contributed by atoms with van der Waals surface area (Å²) in [5.41, 5.74) is 4.52. The summed E-state index contributed by atoms with van der Waals surface area (Å²) in [6.07, 6.45) is 4.71. The first-order chi connectivity index (χ1) is 17.8. The molecule has 1 aliphatic rings. The van der Waals surface area contributed by atoms with Crippen molar-refractivity contribution in [1.82, 2.24) is 29.5 Å². The summed E-state index contributed by atoms with van der Waals surface area (Å²) in [7, 11) is -1.50. The van der Waals surface area contributed by atoms with E-state index >= 15 is 0 Å². The van der Waals surface area contributed by atoms with Crippen LogP contribution in [0.3, 0.4) is 0 Å². The molecule has 11 nitrogen and oxygen atoms in total. The summed E-state index contributed by atoms with van der Waals surface area (Å²) >= 11 is 0. The fraction of sp³-hybridized carbons (Fsp3) is 0.240. The minimum Gasteiger partial charge on any atom is -0.457 e. The van der Waals surface area contributed by atoms with Gasteiger partial charge in [0.15, 0.2) is 5.82 Å². The van der Waals surface area contributed by atoms with Crippen LogP contribution in [0.5, 0.6) is 11.5 Å². The van der Waals surface area contributed by atoms with E-state index in [4.69, 9.17) is 4.74 Å². The SMILES string of the molecule is Cc1cc(Nc2ncnc3cnc(N4CC(C)CS4(=O)=O)nc23)ccc1Oc1ccc2c(c1)ncn2C. The van der Waals surface area contributed by atoms with Crippen molar-refractivity contribution in [3.05, 3.63) is 60.8 Å². The second kappa shape index (κ2) is 8.66. The van der Waals surface area contributed by atoms with Crippen LogP contribution in [-0.4, -0.2) is 50.2 Å². The predicted octanol–water partition coefficient (Wildman–Crippen LogP) is 3.94. The van der Waals surface area contributed by atoms with Crippen LogP contribution in [0.15, 0.2) is 55.2 Å². The minimum absolute atomic E-state index is 0.00324. The molecular weight excluding hydrogens is 492 g/mol. The first-order valence-electron chi connectivity index (χ1n) is 11.7. The van der Waals surface area contributed by atoms with E-state index < -0.39 is 10.0 Å². The summed E-state index contributed by atoms with van der Waals surface area (Å²) < 4.78 is 34.4. The molecule has 3 aromatic heterocycles. The van der Waals surface area contributed by atoms with Gasteiger partial charge in [0.25, 0.3) is 0 Å². The van der Waals surface area contributed by atoms with Crippen LogP contribution in [0.25, 0.3) is 22.1 Å². The highest BCUT2D eigenvalue weighted by Gasteiger charge is 2.35. The number of imidazole rings is 1. The third-order valence-corrected chi connectivity index (χ3v) is 8.23. The zero-order valence-corrected chi connectivity index (χ0v) is 21.3. The molecule has 5 aromatic rings. The van der Waals surface area contributed by atoms with Crippen molar-refractivity contribution in [2.45, 2.75) is 13.8 Å². The molecule has 12 heteroatoms. The normalized spacial score (nSPS) is 16.9. The molecular formula is C25H24N8O3S. The molecule has 6 rings (SSSR count). The third kappa shape index (κ3) is 4.29. The van der Waals surface area contributed by atoms with Crippen molar-refractivity contribution in [3.63, 3.8) is 0 Å². The van der Waals surface area contributed by atoms with E-state index in [0.717, 1.165) is 22.3 Å². The molecule has 2 aromatic carbocycles. The molecule has 0 radical (unpaired) electrons. The smallest absolute Gasteiger partial charge is 0.240 e. The Morgan fingerprint density at radius 2 is 1.92 bits per heavy atom. The molecule has 4 heterocycles. The number of aromatic nitrogens is 6. The molecule has 0 bridgehead atoms. The maximum Gasteiger partial charge on any atom is 0.240 e. The second-order valence-corrected chi connectivity index (χ2v) is 11.2. The molecule has 1 N–H and O–H groups in total. The van der Waals surface area contributed by atoms with Gasteiger partial charge >= 0.3 is 0 Å². The van der Waals surface area contributed by atoms with E-state index in [1.165, 1.54) is 16.8 Å². The van der Waals surface area contributed by atoms with E-state index in [2.05, 4.69) is 30.2 Å². The first kappa shape index (κ1) is 23.1. The highest BCUT2D eigenvalue weighted by molar-refractivity contribution is 7.93. The van der Waals surface area contributed by atoms with E-state index in [9.17, 15) is 8.42 Å². The van der Waals surface area contributed by atoms with Gasteiger partial charge in [0.2, 0.25) is 16.0 Å². The van der Waals surface area contributed by atoms with Gasteiger partial charge in [-0.15, -0.1) is 0 Å². The fourth-order valence-corrected chi connectivity index (χ4v) is 6.27. The Kier molecular flexibility index (Phi) is 5.41. The Morgan fingerprint density at radius 3 is 2.70 bits per heavy atom. The number of fused-ring (bicyclic) bond motifs is 2. The summed E-state index contributed by atoms with van der Waals surface area (Å²) in [5.74, 6) is 2.07. The standard InChI is InChI=1S/C25H24N8O3S/c1-15-11-33(37(34,35)12-15)25-26-10-20-23(31-25)24(28-13-27-20)30-17-4-7-22(16(2)8-17)36-18-5-6-21-19(9-18)29-14-32(21)3/h4-10,13-15H,11-12H2,1-3H3,(H,27,28,30). The van der Waals surface area contributed by atoms with E-state index in [1.54, 1.807) is 6.33 Å². The maximum absolute atomic E-state index is 12.5. The molecule has 1 unspecified atom stereocenters. The number of rotatable bonds is 5. The lowest BCUT2D eigenvalue weighted by Crippen LogP contribution is -2.27. The first-order valence-corrected chi connectivity index (χ1v) is 13.3. The third-order valence-electron chi connectivity index (χ3n) is 6.26. The van der Waals surface area contributed by atoms with Crippen LogP contribution in [0, 0.1) is 12.8 Å². The molecule has 1 atom stereocenters. The Labute approximate surface area is 213 Å². The topological polar surface area (TPSA) is 128 Å². The lowest BCUT2D eigenvalue weighted by atomic mass is 10.2. The monoisotopic (exact) mass is 516 g/mol. The predicted molar refractivity (Wildman–Crippen MR) is 141 cm³/mol. The molecule has 1 fully saturated rings. The van der Waals surface area contributed by atoms with Crippen LogP contribution < -0.4 is 14.4 Å². The number of sulfonamides is 1. The van der Waals surface area contributed by atoms with Gasteiger partial charge in [-0.2, -0.15) is 0 Å².